The molecule has 0 saturated carbocycles. The Kier molecular flexibility index (Phi) is 7.38. The molecule has 6 nitrogen and oxygen atoms in total. The number of anilines is 1. The minimum atomic E-state index is -6.05. The average molecular weight is 539 g/mol. The number of nitrogens with one attached hydrogen (secondary N) is 1. The molecule has 0 saturated heterocycles. The smallest absolute Gasteiger partial charge is 0.458 e. The molecule has 0 aliphatic rings. The van der Waals surface area contributed by atoms with Gasteiger partial charge in [-0.15, -0.1) is 11.3 Å². The molecule has 0 unspecified atom stereocenters. The summed E-state index contributed by atoms with van der Waals surface area (Å²) in [5.74, 6) is -9.03. The van der Waals surface area contributed by atoms with Gasteiger partial charge in [-0.2, -0.15) is 35.1 Å². The third-order valence-electron chi connectivity index (χ3n) is 4.29. The van der Waals surface area contributed by atoms with Crippen LogP contribution in [0.2, 0.25) is 0 Å². The minimum absolute atomic E-state index is 0.139. The fraction of sp³-hybridized carbons (Fsp3) is 0.333. The lowest BCUT2D eigenvalue weighted by Crippen LogP contribution is -2.32. The van der Waals surface area contributed by atoms with E-state index in [-0.39, 0.29) is 23.5 Å². The molecule has 1 heterocycles. The Bertz CT molecular complexity index is 1220. The zero-order valence-electron chi connectivity index (χ0n) is 16.9. The lowest BCUT2D eigenvalue weighted by molar-refractivity contribution is -0.287. The van der Waals surface area contributed by atoms with E-state index < -0.39 is 77.2 Å². The van der Waals surface area contributed by atoms with Crippen LogP contribution in [0, 0.1) is 0 Å². The molecule has 0 spiro atoms. The van der Waals surface area contributed by atoms with Gasteiger partial charge in [-0.3, -0.25) is 4.79 Å². The van der Waals surface area contributed by atoms with Gasteiger partial charge in [0.15, 0.2) is 9.84 Å². The molecule has 0 atom stereocenters. The van der Waals surface area contributed by atoms with E-state index in [2.05, 4.69) is 4.74 Å². The lowest BCUT2D eigenvalue weighted by atomic mass is 10.1. The van der Waals surface area contributed by atoms with Crippen molar-refractivity contribution >= 4 is 38.7 Å². The summed E-state index contributed by atoms with van der Waals surface area (Å²) in [6.45, 7) is 1.08. The van der Waals surface area contributed by atoms with Crippen LogP contribution in [0.15, 0.2) is 29.2 Å². The highest BCUT2D eigenvalue weighted by atomic mass is 32.2. The zero-order chi connectivity index (χ0) is 26.3. The number of esters is 1. The summed E-state index contributed by atoms with van der Waals surface area (Å²) in [5, 5.41) is 1.81. The van der Waals surface area contributed by atoms with Gasteiger partial charge in [0.05, 0.1) is 39.4 Å². The Labute approximate surface area is 190 Å². The molecule has 1 amide bonds. The summed E-state index contributed by atoms with van der Waals surface area (Å²) in [6.07, 6.45) is -11.0. The Morgan fingerprint density at radius 1 is 1.03 bits per heavy atom. The molecule has 34 heavy (non-hydrogen) atoms. The third-order valence-corrected chi connectivity index (χ3v) is 7.24. The highest BCUT2D eigenvalue weighted by Crippen LogP contribution is 2.48. The number of rotatable bonds is 6. The van der Waals surface area contributed by atoms with Crippen molar-refractivity contribution in [2.24, 2.45) is 0 Å². The molecule has 0 fully saturated rings. The summed E-state index contributed by atoms with van der Waals surface area (Å²) < 4.78 is 134. The van der Waals surface area contributed by atoms with E-state index in [1.165, 1.54) is 0 Å². The molecule has 0 radical (unpaired) electrons. The monoisotopic (exact) mass is 539 g/mol. The molecule has 0 aliphatic heterocycles. The van der Waals surface area contributed by atoms with E-state index in [9.17, 15) is 53.1 Å². The predicted octanol–water partition coefficient (Wildman–Crippen LogP) is 5.25. The molecular formula is C18H13F8NO5S2. The van der Waals surface area contributed by atoms with E-state index in [0.717, 1.165) is 14.0 Å². The van der Waals surface area contributed by atoms with Gasteiger partial charge in [0.2, 0.25) is 0 Å². The number of methoxy groups -OCH3 is 1. The molecule has 0 bridgehead atoms. The Hall–Kier alpha value is -2.75. The number of carbonyl (C=O) groups excluding carboxylic acids is 2. The van der Waals surface area contributed by atoms with Crippen molar-refractivity contribution in [2.45, 2.75) is 30.1 Å². The van der Waals surface area contributed by atoms with Crippen LogP contribution in [0.1, 0.15) is 37.4 Å². The number of hydrogen-bond donors (Lipinski definition) is 1. The highest BCUT2D eigenvalue weighted by molar-refractivity contribution is 7.91. The maximum absolute atomic E-state index is 13.7. The standard InChI is InChI=1S/C18H13F8NO5S2/c1-3-34(30,31)11-6-8(17(21,22)23)4-5-9(11)14(28)27-10-7-12(16(19,20)18(24,25)26)33-13(10)15(29)32-2/h4-7H,3H2,1-2H3,(H,27,28). The highest BCUT2D eigenvalue weighted by Gasteiger charge is 2.60. The van der Waals surface area contributed by atoms with E-state index in [1.807, 2.05) is 0 Å². The van der Waals surface area contributed by atoms with Crippen LogP contribution in [0.25, 0.3) is 0 Å². The number of hydrogen-bond acceptors (Lipinski definition) is 6. The molecule has 0 aliphatic carbocycles. The van der Waals surface area contributed by atoms with Crippen LogP contribution in [0.3, 0.4) is 0 Å². The van der Waals surface area contributed by atoms with Crippen molar-refractivity contribution in [3.05, 3.63) is 45.1 Å². The van der Waals surface area contributed by atoms with Gasteiger partial charge in [-0.1, -0.05) is 6.92 Å². The average Bonchev–Trinajstić information content (AvgIpc) is 3.15. The van der Waals surface area contributed by atoms with E-state index >= 15 is 0 Å². The lowest BCUT2D eigenvalue weighted by Gasteiger charge is -2.17. The molecule has 2 rings (SSSR count). The SMILES string of the molecule is CCS(=O)(=O)c1cc(C(F)(F)F)ccc1C(=O)Nc1cc(C(F)(F)C(F)(F)F)sc1C(=O)OC. The first kappa shape index (κ1) is 27.5. The van der Waals surface area contributed by atoms with Crippen molar-refractivity contribution in [3.8, 4) is 0 Å². The number of thiophene rings is 1. The molecule has 16 heteroatoms. The quantitative estimate of drug-likeness (QED) is 0.400. The van der Waals surface area contributed by atoms with Gasteiger partial charge >= 0.3 is 24.2 Å². The van der Waals surface area contributed by atoms with Crippen LogP contribution in [0.5, 0.6) is 0 Å². The van der Waals surface area contributed by atoms with Crippen molar-refractivity contribution in [1.82, 2.24) is 0 Å². The predicted molar refractivity (Wildman–Crippen MR) is 103 cm³/mol. The number of carbonyl (C=O) groups is 2. The normalized spacial score (nSPS) is 13.0. The van der Waals surface area contributed by atoms with Crippen molar-refractivity contribution in [1.29, 1.82) is 0 Å². The topological polar surface area (TPSA) is 89.5 Å². The molecular weight excluding hydrogens is 526 g/mol. The van der Waals surface area contributed by atoms with E-state index in [4.69, 9.17) is 0 Å². The molecule has 1 aromatic heterocycles. The summed E-state index contributed by atoms with van der Waals surface area (Å²) in [6, 6.07) is 1.20. The Morgan fingerprint density at radius 2 is 1.62 bits per heavy atom. The fourth-order valence-corrected chi connectivity index (χ4v) is 4.65. The summed E-state index contributed by atoms with van der Waals surface area (Å²) in [7, 11) is -3.66. The largest absolute Gasteiger partial charge is 0.465 e. The van der Waals surface area contributed by atoms with Crippen LogP contribution >= 0.6 is 11.3 Å². The van der Waals surface area contributed by atoms with Gasteiger partial charge in [-0.25, -0.2) is 13.2 Å². The second-order valence-electron chi connectivity index (χ2n) is 6.48. The number of benzene rings is 1. The number of amides is 1. The fourth-order valence-electron chi connectivity index (χ4n) is 2.51. The molecule has 1 aromatic carbocycles. The van der Waals surface area contributed by atoms with Crippen LogP contribution in [0.4, 0.5) is 40.8 Å². The number of halogens is 8. The second kappa shape index (κ2) is 9.13. The van der Waals surface area contributed by atoms with Crippen LogP contribution in [-0.2, 0) is 26.7 Å². The number of alkyl halides is 8. The van der Waals surface area contributed by atoms with Crippen molar-refractivity contribution < 1.29 is 57.9 Å². The minimum Gasteiger partial charge on any atom is -0.465 e. The summed E-state index contributed by atoms with van der Waals surface area (Å²) >= 11 is -0.343. The van der Waals surface area contributed by atoms with Crippen LogP contribution in [-0.4, -0.2) is 39.3 Å². The molecule has 188 valence electrons. The first-order valence-electron chi connectivity index (χ1n) is 8.79. The molecule has 1 N–H and O–H groups in total. The second-order valence-corrected chi connectivity index (χ2v) is 9.78. The molecule has 2 aromatic rings. The first-order valence-corrected chi connectivity index (χ1v) is 11.3. The van der Waals surface area contributed by atoms with Gasteiger partial charge in [0, 0.05) is 0 Å². The van der Waals surface area contributed by atoms with Gasteiger partial charge < -0.3 is 10.1 Å². The van der Waals surface area contributed by atoms with Gasteiger partial charge in [0.25, 0.3) is 5.91 Å². The maximum Gasteiger partial charge on any atom is 0.458 e. The summed E-state index contributed by atoms with van der Waals surface area (Å²) in [5.41, 5.74) is -3.16. The van der Waals surface area contributed by atoms with Gasteiger partial charge in [0.1, 0.15) is 4.88 Å². The zero-order valence-corrected chi connectivity index (χ0v) is 18.5. The summed E-state index contributed by atoms with van der Waals surface area (Å²) in [4.78, 5) is 20.9. The van der Waals surface area contributed by atoms with Crippen molar-refractivity contribution in [3.63, 3.8) is 0 Å². The van der Waals surface area contributed by atoms with E-state index in [1.54, 1.807) is 5.32 Å². The number of sulfone groups is 1. The van der Waals surface area contributed by atoms with Crippen molar-refractivity contribution in [2.75, 3.05) is 18.2 Å². The third kappa shape index (κ3) is 5.32. The maximum atomic E-state index is 13.7. The van der Waals surface area contributed by atoms with Crippen LogP contribution < -0.4 is 5.32 Å². The Morgan fingerprint density at radius 3 is 2.09 bits per heavy atom. The number of ether oxygens (including phenoxy) is 1. The van der Waals surface area contributed by atoms with Gasteiger partial charge in [-0.05, 0) is 24.3 Å². The first-order chi connectivity index (χ1) is 15.4. The van der Waals surface area contributed by atoms with E-state index in [0.29, 0.717) is 12.1 Å². The Balaban J connectivity index is 2.63.